The molecule has 0 saturated heterocycles. The molecule has 0 amide bonds. The summed E-state index contributed by atoms with van der Waals surface area (Å²) in [6, 6.07) is 9.12. The highest BCUT2D eigenvalue weighted by Crippen LogP contribution is 2.31. The minimum Gasteiger partial charge on any atom is -0.383 e. The van der Waals surface area contributed by atoms with Crippen LogP contribution in [0.25, 0.3) is 0 Å². The second-order valence-corrected chi connectivity index (χ2v) is 6.70. The van der Waals surface area contributed by atoms with Gasteiger partial charge in [0.2, 0.25) is 0 Å². The Balaban J connectivity index is 1.99. The molecule has 2 N–H and O–H groups in total. The van der Waals surface area contributed by atoms with Crippen LogP contribution in [0.4, 0.5) is 11.4 Å². The summed E-state index contributed by atoms with van der Waals surface area (Å²) in [5.74, 6) is 0. The molecule has 0 radical (unpaired) electrons. The van der Waals surface area contributed by atoms with E-state index >= 15 is 0 Å². The zero-order chi connectivity index (χ0) is 14.9. The first-order valence-electron chi connectivity index (χ1n) is 6.88. The van der Waals surface area contributed by atoms with E-state index in [4.69, 9.17) is 0 Å². The van der Waals surface area contributed by atoms with Crippen molar-refractivity contribution >= 4 is 21.4 Å². The van der Waals surface area contributed by atoms with Crippen molar-refractivity contribution in [3.63, 3.8) is 0 Å². The lowest BCUT2D eigenvalue weighted by Crippen LogP contribution is -2.19. The second kappa shape index (κ2) is 5.37. The third-order valence-corrected chi connectivity index (χ3v) is 4.96. The molecule has 2 aromatic rings. The molecule has 1 aromatic heterocycles. The quantitative estimate of drug-likeness (QED) is 0.914. The number of fused-ring (bicyclic) bond motifs is 1. The minimum atomic E-state index is -3.68. The number of pyridine rings is 1. The Morgan fingerprint density at radius 2 is 2.10 bits per heavy atom. The number of nitrogens with zero attached hydrogens (tertiary/aromatic N) is 1. The van der Waals surface area contributed by atoms with Crippen LogP contribution in [-0.2, 0) is 16.4 Å². The summed E-state index contributed by atoms with van der Waals surface area (Å²) in [5, 5.41) is 3.34. The molecule has 5 nitrogen and oxygen atoms in total. The highest BCUT2D eigenvalue weighted by Gasteiger charge is 2.21. The molecular weight excluding hydrogens is 286 g/mol. The van der Waals surface area contributed by atoms with Gasteiger partial charge >= 0.3 is 0 Å². The van der Waals surface area contributed by atoms with Crippen LogP contribution in [0.2, 0.25) is 0 Å². The average molecular weight is 303 g/mol. The Labute approximate surface area is 124 Å². The number of hydrogen-bond donors (Lipinski definition) is 2. The largest absolute Gasteiger partial charge is 0.383 e. The van der Waals surface area contributed by atoms with Gasteiger partial charge in [-0.25, -0.2) is 4.98 Å². The number of anilines is 2. The van der Waals surface area contributed by atoms with Crippen LogP contribution in [0.15, 0.2) is 41.6 Å². The van der Waals surface area contributed by atoms with Crippen LogP contribution in [0.3, 0.4) is 0 Å². The summed E-state index contributed by atoms with van der Waals surface area (Å²) < 4.78 is 27.7. The molecule has 1 aliphatic rings. The number of aryl methyl sites for hydroxylation is 2. The van der Waals surface area contributed by atoms with Gasteiger partial charge in [0.05, 0.1) is 11.4 Å². The summed E-state index contributed by atoms with van der Waals surface area (Å²) in [6.07, 6.45) is 3.50. The molecule has 0 atom stereocenters. The lowest BCUT2D eigenvalue weighted by Gasteiger charge is -2.21. The molecule has 0 unspecified atom stereocenters. The fourth-order valence-electron chi connectivity index (χ4n) is 2.54. The molecule has 3 rings (SSSR count). The van der Waals surface area contributed by atoms with Gasteiger partial charge in [-0.3, -0.25) is 4.72 Å². The number of nitrogens with one attached hydrogen (secondary N) is 2. The van der Waals surface area contributed by atoms with Crippen molar-refractivity contribution in [2.45, 2.75) is 24.8 Å². The Morgan fingerprint density at radius 1 is 1.24 bits per heavy atom. The number of benzene rings is 1. The molecule has 21 heavy (non-hydrogen) atoms. The normalized spacial score (nSPS) is 14.1. The fourth-order valence-corrected chi connectivity index (χ4v) is 3.79. The maximum atomic E-state index is 12.5. The molecular formula is C15H17N3O2S. The third kappa shape index (κ3) is 2.71. The summed E-state index contributed by atoms with van der Waals surface area (Å²) >= 11 is 0. The van der Waals surface area contributed by atoms with E-state index in [-0.39, 0.29) is 5.03 Å². The number of sulfonamides is 1. The maximum Gasteiger partial charge on any atom is 0.279 e. The van der Waals surface area contributed by atoms with E-state index in [1.54, 1.807) is 25.1 Å². The van der Waals surface area contributed by atoms with E-state index in [9.17, 15) is 8.42 Å². The number of rotatable bonds is 3. The standard InChI is InChI=1S/C15H17N3O2S/c1-11-5-3-10-17-15(11)21(19,20)18-13-8-2-6-12-7-4-9-16-14(12)13/h2-3,5-6,8,10,16,18H,4,7,9H2,1H3. The first-order chi connectivity index (χ1) is 10.1. The van der Waals surface area contributed by atoms with Crippen LogP contribution in [-0.4, -0.2) is 19.9 Å². The second-order valence-electron chi connectivity index (χ2n) is 5.10. The number of aromatic nitrogens is 1. The molecule has 0 bridgehead atoms. The molecule has 0 aliphatic carbocycles. The van der Waals surface area contributed by atoms with Gasteiger partial charge in [-0.15, -0.1) is 0 Å². The van der Waals surface area contributed by atoms with Crippen molar-refractivity contribution in [1.82, 2.24) is 4.98 Å². The van der Waals surface area contributed by atoms with Crippen molar-refractivity contribution in [2.75, 3.05) is 16.6 Å². The van der Waals surface area contributed by atoms with Crippen LogP contribution >= 0.6 is 0 Å². The van der Waals surface area contributed by atoms with Crippen LogP contribution in [0.5, 0.6) is 0 Å². The Hall–Kier alpha value is -2.08. The summed E-state index contributed by atoms with van der Waals surface area (Å²) in [5.41, 5.74) is 3.22. The SMILES string of the molecule is Cc1cccnc1S(=O)(=O)Nc1cccc2c1NCCC2. The monoisotopic (exact) mass is 303 g/mol. The van der Waals surface area contributed by atoms with E-state index in [1.807, 2.05) is 12.1 Å². The molecule has 0 spiro atoms. The topological polar surface area (TPSA) is 71.1 Å². The van der Waals surface area contributed by atoms with Crippen molar-refractivity contribution in [2.24, 2.45) is 0 Å². The smallest absolute Gasteiger partial charge is 0.279 e. The van der Waals surface area contributed by atoms with Gasteiger partial charge < -0.3 is 5.32 Å². The van der Waals surface area contributed by atoms with E-state index in [2.05, 4.69) is 15.0 Å². The maximum absolute atomic E-state index is 12.5. The molecule has 6 heteroatoms. The van der Waals surface area contributed by atoms with Crippen molar-refractivity contribution in [3.8, 4) is 0 Å². The first-order valence-corrected chi connectivity index (χ1v) is 8.36. The minimum absolute atomic E-state index is 0.0680. The van der Waals surface area contributed by atoms with Gasteiger partial charge in [-0.1, -0.05) is 18.2 Å². The zero-order valence-corrected chi connectivity index (χ0v) is 12.6. The van der Waals surface area contributed by atoms with Crippen LogP contribution in [0.1, 0.15) is 17.5 Å². The third-order valence-electron chi connectivity index (χ3n) is 3.54. The molecule has 0 fully saturated rings. The van der Waals surface area contributed by atoms with Crippen LogP contribution < -0.4 is 10.0 Å². The highest BCUT2D eigenvalue weighted by molar-refractivity contribution is 7.92. The first kappa shape index (κ1) is 13.9. The Kier molecular flexibility index (Phi) is 3.55. The van der Waals surface area contributed by atoms with Crippen molar-refractivity contribution < 1.29 is 8.42 Å². The van der Waals surface area contributed by atoms with E-state index in [1.165, 1.54) is 6.20 Å². The number of para-hydroxylation sites is 1. The molecule has 1 aromatic carbocycles. The predicted molar refractivity (Wildman–Crippen MR) is 83.0 cm³/mol. The molecule has 0 saturated carbocycles. The van der Waals surface area contributed by atoms with Gasteiger partial charge in [0.15, 0.2) is 5.03 Å². The van der Waals surface area contributed by atoms with Crippen molar-refractivity contribution in [1.29, 1.82) is 0 Å². The van der Waals surface area contributed by atoms with E-state index in [0.717, 1.165) is 30.6 Å². The fraction of sp³-hybridized carbons (Fsp3) is 0.267. The average Bonchev–Trinajstić information content (AvgIpc) is 2.47. The Morgan fingerprint density at radius 3 is 2.90 bits per heavy atom. The lowest BCUT2D eigenvalue weighted by atomic mass is 10.0. The summed E-state index contributed by atoms with van der Waals surface area (Å²) in [7, 11) is -3.68. The Bertz CT molecular complexity index is 772. The number of hydrogen-bond acceptors (Lipinski definition) is 4. The van der Waals surface area contributed by atoms with Crippen LogP contribution in [0, 0.1) is 6.92 Å². The summed E-state index contributed by atoms with van der Waals surface area (Å²) in [4.78, 5) is 3.99. The van der Waals surface area contributed by atoms with E-state index in [0.29, 0.717) is 11.3 Å². The highest BCUT2D eigenvalue weighted by atomic mass is 32.2. The zero-order valence-electron chi connectivity index (χ0n) is 11.8. The predicted octanol–water partition coefficient (Wildman–Crippen LogP) is 2.55. The molecule has 1 aliphatic heterocycles. The van der Waals surface area contributed by atoms with Gasteiger partial charge in [-0.2, -0.15) is 8.42 Å². The van der Waals surface area contributed by atoms with Gasteiger partial charge in [0, 0.05) is 12.7 Å². The lowest BCUT2D eigenvalue weighted by molar-refractivity contribution is 0.596. The van der Waals surface area contributed by atoms with Crippen molar-refractivity contribution in [3.05, 3.63) is 47.7 Å². The van der Waals surface area contributed by atoms with Gasteiger partial charge in [0.25, 0.3) is 10.0 Å². The van der Waals surface area contributed by atoms with Gasteiger partial charge in [0.1, 0.15) is 0 Å². The van der Waals surface area contributed by atoms with Gasteiger partial charge in [-0.05, 0) is 43.0 Å². The molecule has 110 valence electrons. The molecule has 2 heterocycles. The summed E-state index contributed by atoms with van der Waals surface area (Å²) in [6.45, 7) is 2.59. The van der Waals surface area contributed by atoms with E-state index < -0.39 is 10.0 Å².